The molecule has 0 amide bonds. The minimum absolute atomic E-state index is 0.226. The highest BCUT2D eigenvalue weighted by atomic mass is 16.7. The summed E-state index contributed by atoms with van der Waals surface area (Å²) in [4.78, 5) is 31.3. The van der Waals surface area contributed by atoms with E-state index in [1.54, 1.807) is 13.1 Å². The van der Waals surface area contributed by atoms with Crippen molar-refractivity contribution < 1.29 is 9.47 Å². The molecular formula is C16H14N4O4. The van der Waals surface area contributed by atoms with Gasteiger partial charge < -0.3 is 14.5 Å². The molecule has 0 saturated carbocycles. The van der Waals surface area contributed by atoms with Crippen LogP contribution in [0.15, 0.2) is 27.8 Å². The van der Waals surface area contributed by atoms with E-state index >= 15 is 0 Å². The standard InChI is InChI=1S/C16H14N4O4/c1-19-14-13(15(21)20(2)16(19)22)17-12(18-14)6-4-9-3-5-10-11(7-9)24-8-23-10/h3-7H,8H2,1-2H3,(H,17,18)/b6-4+. The number of aryl methyl sites for hydroxylation is 1. The molecule has 2 aromatic heterocycles. The van der Waals surface area contributed by atoms with E-state index in [-0.39, 0.29) is 6.79 Å². The van der Waals surface area contributed by atoms with Gasteiger partial charge in [0.25, 0.3) is 5.56 Å². The molecule has 4 rings (SSSR count). The molecule has 1 aliphatic rings. The average Bonchev–Trinajstić information content (AvgIpc) is 3.22. The Morgan fingerprint density at radius 3 is 2.75 bits per heavy atom. The number of nitrogens with zero attached hydrogens (tertiary/aromatic N) is 3. The molecule has 0 aliphatic carbocycles. The van der Waals surface area contributed by atoms with Gasteiger partial charge in [-0.25, -0.2) is 9.78 Å². The third kappa shape index (κ3) is 2.11. The number of aromatic amines is 1. The van der Waals surface area contributed by atoms with Crippen molar-refractivity contribution in [2.45, 2.75) is 0 Å². The summed E-state index contributed by atoms with van der Waals surface area (Å²) < 4.78 is 13.0. The molecule has 122 valence electrons. The summed E-state index contributed by atoms with van der Waals surface area (Å²) in [5.74, 6) is 1.90. The maximum atomic E-state index is 12.1. The third-order valence-corrected chi connectivity index (χ3v) is 3.94. The van der Waals surface area contributed by atoms with Crippen LogP contribution in [0.5, 0.6) is 11.5 Å². The summed E-state index contributed by atoms with van der Waals surface area (Å²) in [5, 5.41) is 0. The second kappa shape index (κ2) is 5.12. The van der Waals surface area contributed by atoms with Crippen molar-refractivity contribution in [3.8, 4) is 11.5 Å². The zero-order chi connectivity index (χ0) is 16.8. The van der Waals surface area contributed by atoms with Gasteiger partial charge in [0.1, 0.15) is 11.3 Å². The smallest absolute Gasteiger partial charge is 0.332 e. The van der Waals surface area contributed by atoms with Gasteiger partial charge in [0.15, 0.2) is 17.1 Å². The number of rotatable bonds is 2. The normalized spacial score (nSPS) is 13.2. The lowest BCUT2D eigenvalue weighted by atomic mass is 10.2. The van der Waals surface area contributed by atoms with Crippen molar-refractivity contribution in [1.29, 1.82) is 0 Å². The molecule has 8 heteroatoms. The molecule has 0 bridgehead atoms. The van der Waals surface area contributed by atoms with E-state index in [2.05, 4.69) is 9.97 Å². The van der Waals surface area contributed by atoms with Gasteiger partial charge in [0, 0.05) is 14.1 Å². The Morgan fingerprint density at radius 1 is 1.12 bits per heavy atom. The van der Waals surface area contributed by atoms with Gasteiger partial charge in [-0.1, -0.05) is 12.1 Å². The highest BCUT2D eigenvalue weighted by molar-refractivity contribution is 5.75. The summed E-state index contributed by atoms with van der Waals surface area (Å²) in [6.07, 6.45) is 3.57. The van der Waals surface area contributed by atoms with Crippen LogP contribution in [0.4, 0.5) is 0 Å². The second-order valence-corrected chi connectivity index (χ2v) is 5.47. The van der Waals surface area contributed by atoms with E-state index in [9.17, 15) is 9.59 Å². The number of nitrogens with one attached hydrogen (secondary N) is 1. The van der Waals surface area contributed by atoms with E-state index in [1.807, 2.05) is 24.3 Å². The molecular weight excluding hydrogens is 312 g/mol. The first-order valence-electron chi connectivity index (χ1n) is 7.28. The molecule has 0 radical (unpaired) electrons. The zero-order valence-electron chi connectivity index (χ0n) is 13.1. The highest BCUT2D eigenvalue weighted by Crippen LogP contribution is 2.32. The molecule has 0 fully saturated rings. The Morgan fingerprint density at radius 2 is 1.92 bits per heavy atom. The fourth-order valence-electron chi connectivity index (χ4n) is 2.61. The number of aromatic nitrogens is 4. The van der Waals surface area contributed by atoms with Gasteiger partial charge >= 0.3 is 5.69 Å². The molecule has 3 aromatic rings. The Balaban J connectivity index is 1.75. The summed E-state index contributed by atoms with van der Waals surface area (Å²) in [7, 11) is 3.02. The lowest BCUT2D eigenvalue weighted by Gasteiger charge is -2.00. The molecule has 0 unspecified atom stereocenters. The SMILES string of the molecule is Cn1c(=O)c2[nH]c(/C=C/c3ccc4c(c3)OCO4)nc2n(C)c1=O. The van der Waals surface area contributed by atoms with Crippen LogP contribution in [0.2, 0.25) is 0 Å². The molecule has 24 heavy (non-hydrogen) atoms. The molecule has 1 N–H and O–H groups in total. The predicted octanol–water partition coefficient (Wildman–Crippen LogP) is 0.859. The van der Waals surface area contributed by atoms with Crippen LogP contribution in [0.25, 0.3) is 23.3 Å². The van der Waals surface area contributed by atoms with Gasteiger partial charge in [0.05, 0.1) is 0 Å². The molecule has 8 nitrogen and oxygen atoms in total. The second-order valence-electron chi connectivity index (χ2n) is 5.47. The number of hydrogen-bond donors (Lipinski definition) is 1. The van der Waals surface area contributed by atoms with Crippen molar-refractivity contribution in [3.05, 3.63) is 50.4 Å². The van der Waals surface area contributed by atoms with Crippen LogP contribution >= 0.6 is 0 Å². The van der Waals surface area contributed by atoms with Gasteiger partial charge in [0.2, 0.25) is 6.79 Å². The van der Waals surface area contributed by atoms with Crippen LogP contribution in [0.3, 0.4) is 0 Å². The monoisotopic (exact) mass is 326 g/mol. The largest absolute Gasteiger partial charge is 0.454 e. The lowest BCUT2D eigenvalue weighted by Crippen LogP contribution is -2.36. The minimum atomic E-state index is -0.412. The van der Waals surface area contributed by atoms with Gasteiger partial charge in [-0.05, 0) is 23.8 Å². The summed E-state index contributed by atoms with van der Waals surface area (Å²) >= 11 is 0. The van der Waals surface area contributed by atoms with E-state index < -0.39 is 11.2 Å². The molecule has 1 aliphatic heterocycles. The van der Waals surface area contributed by atoms with E-state index in [1.165, 1.54) is 11.6 Å². The van der Waals surface area contributed by atoms with Gasteiger partial charge in [-0.15, -0.1) is 0 Å². The van der Waals surface area contributed by atoms with Gasteiger partial charge in [-0.2, -0.15) is 0 Å². The van der Waals surface area contributed by atoms with E-state index in [0.717, 1.165) is 15.9 Å². The number of H-pyrrole nitrogens is 1. The quantitative estimate of drug-likeness (QED) is 0.754. The predicted molar refractivity (Wildman–Crippen MR) is 88.1 cm³/mol. The van der Waals surface area contributed by atoms with Crippen LogP contribution in [0, 0.1) is 0 Å². The number of hydrogen-bond acceptors (Lipinski definition) is 5. The fourth-order valence-corrected chi connectivity index (χ4v) is 2.61. The summed E-state index contributed by atoms with van der Waals surface area (Å²) in [6, 6.07) is 5.58. The fraction of sp³-hybridized carbons (Fsp3) is 0.188. The molecule has 0 spiro atoms. The van der Waals surface area contributed by atoms with Crippen molar-refractivity contribution in [2.24, 2.45) is 14.1 Å². The molecule has 0 atom stereocenters. The number of benzene rings is 1. The minimum Gasteiger partial charge on any atom is -0.454 e. The topological polar surface area (TPSA) is 91.1 Å². The highest BCUT2D eigenvalue weighted by Gasteiger charge is 2.13. The Hall–Kier alpha value is -3.29. The maximum Gasteiger partial charge on any atom is 0.332 e. The molecule has 1 aromatic carbocycles. The number of ether oxygens (including phenoxy) is 2. The zero-order valence-corrected chi connectivity index (χ0v) is 13.1. The van der Waals surface area contributed by atoms with Crippen molar-refractivity contribution in [3.63, 3.8) is 0 Å². The molecule has 0 saturated heterocycles. The first-order chi connectivity index (χ1) is 11.5. The lowest BCUT2D eigenvalue weighted by molar-refractivity contribution is 0.174. The molecule has 3 heterocycles. The number of fused-ring (bicyclic) bond motifs is 2. The van der Waals surface area contributed by atoms with Crippen molar-refractivity contribution in [1.82, 2.24) is 19.1 Å². The Bertz CT molecular complexity index is 1100. The Kier molecular flexibility index (Phi) is 3.05. The van der Waals surface area contributed by atoms with Crippen molar-refractivity contribution in [2.75, 3.05) is 6.79 Å². The maximum absolute atomic E-state index is 12.1. The summed E-state index contributed by atoms with van der Waals surface area (Å²) in [5.41, 5.74) is 0.716. The first-order valence-corrected chi connectivity index (χ1v) is 7.28. The van der Waals surface area contributed by atoms with Crippen LogP contribution in [-0.2, 0) is 14.1 Å². The summed E-state index contributed by atoms with van der Waals surface area (Å²) in [6.45, 7) is 0.226. The van der Waals surface area contributed by atoms with Crippen LogP contribution < -0.4 is 20.7 Å². The first kappa shape index (κ1) is 14.3. The van der Waals surface area contributed by atoms with Crippen molar-refractivity contribution >= 4 is 23.3 Å². The van der Waals surface area contributed by atoms with E-state index in [4.69, 9.17) is 9.47 Å². The Labute approximate surface area is 135 Å². The average molecular weight is 326 g/mol. The number of imidazole rings is 1. The van der Waals surface area contributed by atoms with Crippen LogP contribution in [0.1, 0.15) is 11.4 Å². The van der Waals surface area contributed by atoms with Gasteiger partial charge in [-0.3, -0.25) is 13.9 Å². The third-order valence-electron chi connectivity index (χ3n) is 3.94. The van der Waals surface area contributed by atoms with Crippen LogP contribution in [-0.4, -0.2) is 25.9 Å². The van der Waals surface area contributed by atoms with E-state index in [0.29, 0.717) is 22.7 Å².